The summed E-state index contributed by atoms with van der Waals surface area (Å²) < 4.78 is 13.8. The van der Waals surface area contributed by atoms with Crippen molar-refractivity contribution in [2.24, 2.45) is 0 Å². The Morgan fingerprint density at radius 1 is 1.50 bits per heavy atom. The Bertz CT molecular complexity index is 559. The number of carboxylic acids is 1. The molecular weight excluding hydrogens is 257 g/mol. The van der Waals surface area contributed by atoms with Crippen LogP contribution < -0.4 is 5.32 Å². The number of hydrogen-bond acceptors (Lipinski definition) is 5. The second-order valence-corrected chi connectivity index (χ2v) is 4.49. The number of anilines is 1. The maximum Gasteiger partial charge on any atom is 0.338 e. The van der Waals surface area contributed by atoms with E-state index in [9.17, 15) is 9.18 Å². The van der Waals surface area contributed by atoms with Gasteiger partial charge in [0.25, 0.3) is 0 Å². The Hall–Kier alpha value is -2.02. The van der Waals surface area contributed by atoms with Crippen LogP contribution in [-0.2, 0) is 0 Å². The van der Waals surface area contributed by atoms with Gasteiger partial charge in [0.2, 0.25) is 0 Å². The molecule has 5 nitrogen and oxygen atoms in total. The zero-order valence-electron chi connectivity index (χ0n) is 9.42. The first-order valence-electron chi connectivity index (χ1n) is 5.13. The number of rotatable bonds is 4. The number of carbonyl (C=O) groups is 1. The number of nitrogens with one attached hydrogen (secondary N) is 1. The van der Waals surface area contributed by atoms with E-state index in [-0.39, 0.29) is 11.9 Å². The summed E-state index contributed by atoms with van der Waals surface area (Å²) in [4.78, 5) is 18.7. The lowest BCUT2D eigenvalue weighted by Crippen LogP contribution is -2.11. The maximum absolute atomic E-state index is 13.8. The lowest BCUT2D eigenvalue weighted by atomic mass is 10.2. The van der Waals surface area contributed by atoms with Gasteiger partial charge in [0, 0.05) is 17.8 Å². The van der Waals surface area contributed by atoms with E-state index in [0.29, 0.717) is 0 Å². The fourth-order valence-corrected chi connectivity index (χ4v) is 2.07. The third-order valence-corrected chi connectivity index (χ3v) is 3.25. The van der Waals surface area contributed by atoms with Gasteiger partial charge in [0.15, 0.2) is 11.6 Å². The minimum Gasteiger partial charge on any atom is -0.478 e. The number of hydrogen-bond donors (Lipinski definition) is 2. The lowest BCUT2D eigenvalue weighted by molar-refractivity contribution is 0.0692. The van der Waals surface area contributed by atoms with Crippen molar-refractivity contribution in [2.45, 2.75) is 13.0 Å². The van der Waals surface area contributed by atoms with Crippen molar-refractivity contribution < 1.29 is 14.3 Å². The highest BCUT2D eigenvalue weighted by molar-refractivity contribution is 7.09. The van der Waals surface area contributed by atoms with Crippen LogP contribution in [-0.4, -0.2) is 21.0 Å². The molecule has 1 atom stereocenters. The van der Waals surface area contributed by atoms with E-state index in [0.717, 1.165) is 11.1 Å². The van der Waals surface area contributed by atoms with Crippen molar-refractivity contribution >= 4 is 23.1 Å². The molecule has 1 unspecified atom stereocenters. The molecule has 0 spiro atoms. The first-order chi connectivity index (χ1) is 8.59. The summed E-state index contributed by atoms with van der Waals surface area (Å²) in [6.45, 7) is 1.80. The number of nitrogens with zero attached hydrogens (tertiary/aromatic N) is 2. The van der Waals surface area contributed by atoms with Gasteiger partial charge in [-0.05, 0) is 13.0 Å². The van der Waals surface area contributed by atoms with E-state index in [1.54, 1.807) is 13.1 Å². The number of thiazole rings is 1. The number of carboxylic acid groups (broad SMARTS) is 1. The summed E-state index contributed by atoms with van der Waals surface area (Å²) in [5, 5.41) is 14.2. The quantitative estimate of drug-likeness (QED) is 0.890. The third-order valence-electron chi connectivity index (χ3n) is 2.29. The van der Waals surface area contributed by atoms with E-state index in [4.69, 9.17) is 5.11 Å². The molecule has 2 rings (SSSR count). The highest BCUT2D eigenvalue weighted by Gasteiger charge is 2.17. The maximum atomic E-state index is 13.8. The molecule has 0 bridgehead atoms. The van der Waals surface area contributed by atoms with Crippen LogP contribution in [0.1, 0.15) is 28.3 Å². The van der Waals surface area contributed by atoms with Crippen molar-refractivity contribution in [2.75, 3.05) is 5.32 Å². The highest BCUT2D eigenvalue weighted by atomic mass is 32.1. The molecule has 0 aliphatic rings. The summed E-state index contributed by atoms with van der Waals surface area (Å²) in [5.74, 6) is -2.27. The molecule has 94 valence electrons. The predicted molar refractivity (Wildman–Crippen MR) is 65.3 cm³/mol. The Morgan fingerprint density at radius 3 is 2.89 bits per heavy atom. The number of aromatic nitrogens is 2. The molecule has 0 aromatic carbocycles. The van der Waals surface area contributed by atoms with Crippen molar-refractivity contribution in [1.29, 1.82) is 0 Å². The largest absolute Gasteiger partial charge is 0.478 e. The van der Waals surface area contributed by atoms with E-state index in [1.165, 1.54) is 17.5 Å². The van der Waals surface area contributed by atoms with Crippen molar-refractivity contribution in [3.8, 4) is 0 Å². The van der Waals surface area contributed by atoms with E-state index >= 15 is 0 Å². The molecule has 2 aromatic rings. The van der Waals surface area contributed by atoms with Gasteiger partial charge in [-0.15, -0.1) is 11.3 Å². The van der Waals surface area contributed by atoms with E-state index in [1.807, 2.05) is 5.38 Å². The van der Waals surface area contributed by atoms with E-state index < -0.39 is 17.3 Å². The third kappa shape index (κ3) is 2.45. The molecule has 0 saturated carbocycles. The Labute approximate surface area is 106 Å². The molecule has 0 radical (unpaired) electrons. The molecule has 0 aliphatic heterocycles. The average Bonchev–Trinajstić information content (AvgIpc) is 2.85. The van der Waals surface area contributed by atoms with Crippen LogP contribution in [0.2, 0.25) is 0 Å². The van der Waals surface area contributed by atoms with Gasteiger partial charge in [0.05, 0.1) is 6.04 Å². The van der Waals surface area contributed by atoms with Crippen LogP contribution in [0.3, 0.4) is 0 Å². The van der Waals surface area contributed by atoms with Gasteiger partial charge in [-0.1, -0.05) is 0 Å². The Balaban J connectivity index is 2.24. The molecule has 0 amide bonds. The topological polar surface area (TPSA) is 75.1 Å². The molecule has 2 aromatic heterocycles. The summed E-state index contributed by atoms with van der Waals surface area (Å²) in [6.07, 6.45) is 2.90. The standard InChI is InChI=1S/C11H10FN3O2S/c1-6(10-14-4-5-18-10)15-9-8(12)7(11(16)17)2-3-13-9/h2-6H,1H3,(H,13,15)(H,16,17). The first kappa shape index (κ1) is 12.4. The SMILES string of the molecule is CC(Nc1nccc(C(=O)O)c1F)c1nccs1. The number of pyridine rings is 1. The fourth-order valence-electron chi connectivity index (χ4n) is 1.42. The number of halogens is 1. The van der Waals surface area contributed by atoms with Crippen LogP contribution in [0, 0.1) is 5.82 Å². The fraction of sp³-hybridized carbons (Fsp3) is 0.182. The molecule has 2 heterocycles. The van der Waals surface area contributed by atoms with Gasteiger partial charge < -0.3 is 10.4 Å². The highest BCUT2D eigenvalue weighted by Crippen LogP contribution is 2.22. The van der Waals surface area contributed by atoms with Gasteiger partial charge in [-0.2, -0.15) is 0 Å². The summed E-state index contributed by atoms with van der Waals surface area (Å²) in [7, 11) is 0. The molecule has 18 heavy (non-hydrogen) atoms. The molecule has 7 heteroatoms. The summed E-state index contributed by atoms with van der Waals surface area (Å²) in [6, 6.07) is 0.882. The zero-order valence-corrected chi connectivity index (χ0v) is 10.2. The molecule has 0 saturated heterocycles. The summed E-state index contributed by atoms with van der Waals surface area (Å²) in [5.41, 5.74) is -0.404. The van der Waals surface area contributed by atoms with Crippen LogP contribution in [0.5, 0.6) is 0 Å². The van der Waals surface area contributed by atoms with Crippen LogP contribution >= 0.6 is 11.3 Å². The molecular formula is C11H10FN3O2S. The number of aromatic carboxylic acids is 1. The minimum absolute atomic E-state index is 0.0856. The molecule has 0 fully saturated rings. The zero-order chi connectivity index (χ0) is 13.1. The molecule has 2 N–H and O–H groups in total. The van der Waals surface area contributed by atoms with Crippen LogP contribution in [0.4, 0.5) is 10.2 Å². The van der Waals surface area contributed by atoms with Crippen LogP contribution in [0.25, 0.3) is 0 Å². The Kier molecular flexibility index (Phi) is 3.52. The smallest absolute Gasteiger partial charge is 0.338 e. The predicted octanol–water partition coefficient (Wildman–Crippen LogP) is 2.55. The van der Waals surface area contributed by atoms with E-state index in [2.05, 4.69) is 15.3 Å². The van der Waals surface area contributed by atoms with Crippen molar-refractivity contribution in [3.63, 3.8) is 0 Å². The van der Waals surface area contributed by atoms with Gasteiger partial charge in [0.1, 0.15) is 10.6 Å². The van der Waals surface area contributed by atoms with Crippen molar-refractivity contribution in [3.05, 3.63) is 40.2 Å². The monoisotopic (exact) mass is 267 g/mol. The van der Waals surface area contributed by atoms with Gasteiger partial charge in [-0.25, -0.2) is 19.2 Å². The van der Waals surface area contributed by atoms with Crippen LogP contribution in [0.15, 0.2) is 23.8 Å². The second-order valence-electron chi connectivity index (χ2n) is 3.56. The van der Waals surface area contributed by atoms with Crippen molar-refractivity contribution in [1.82, 2.24) is 9.97 Å². The first-order valence-corrected chi connectivity index (χ1v) is 6.01. The van der Waals surface area contributed by atoms with Gasteiger partial charge >= 0.3 is 5.97 Å². The second kappa shape index (κ2) is 5.09. The van der Waals surface area contributed by atoms with Gasteiger partial charge in [-0.3, -0.25) is 0 Å². The lowest BCUT2D eigenvalue weighted by Gasteiger charge is -2.12. The molecule has 0 aliphatic carbocycles. The summed E-state index contributed by atoms with van der Waals surface area (Å²) >= 11 is 1.43. The average molecular weight is 267 g/mol. The minimum atomic E-state index is -1.32. The Morgan fingerprint density at radius 2 is 2.28 bits per heavy atom. The normalized spacial score (nSPS) is 12.1.